The lowest BCUT2D eigenvalue weighted by Crippen LogP contribution is -2.57. The van der Waals surface area contributed by atoms with E-state index in [1.54, 1.807) is 0 Å². The summed E-state index contributed by atoms with van der Waals surface area (Å²) in [6, 6.07) is 0.297. The quantitative estimate of drug-likeness (QED) is 0.766. The molecule has 1 heterocycles. The van der Waals surface area contributed by atoms with E-state index in [1.807, 2.05) is 6.92 Å². The van der Waals surface area contributed by atoms with Gasteiger partial charge in [0.05, 0.1) is 12.0 Å². The molecule has 2 N–H and O–H groups in total. The third kappa shape index (κ3) is 4.96. The van der Waals surface area contributed by atoms with Crippen molar-refractivity contribution in [1.29, 1.82) is 0 Å². The lowest BCUT2D eigenvalue weighted by molar-refractivity contribution is -0.156. The molecule has 1 saturated heterocycles. The molecule has 0 aromatic carbocycles. The van der Waals surface area contributed by atoms with Crippen LogP contribution in [0.2, 0.25) is 0 Å². The lowest BCUT2D eigenvalue weighted by atomic mass is 9.78. The number of carbonyl (C=O) groups excluding carboxylic acids is 1. The Balaban J connectivity index is 1.92. The molecule has 0 aromatic heterocycles. The number of esters is 1. The molecule has 0 aromatic rings. The van der Waals surface area contributed by atoms with Crippen LogP contribution in [0.3, 0.4) is 0 Å². The molecular formula is C17H32N2O2. The molecule has 21 heavy (non-hydrogen) atoms. The topological polar surface area (TPSA) is 50.4 Å². The zero-order valence-corrected chi connectivity index (χ0v) is 13.9. The first-order valence-electron chi connectivity index (χ1n) is 8.72. The van der Waals surface area contributed by atoms with Gasteiger partial charge in [0.1, 0.15) is 0 Å². The Hall–Kier alpha value is -0.610. The van der Waals surface area contributed by atoms with E-state index in [2.05, 4.69) is 24.5 Å². The second kappa shape index (κ2) is 8.14. The van der Waals surface area contributed by atoms with Gasteiger partial charge in [-0.05, 0) is 38.0 Å². The minimum Gasteiger partial charge on any atom is -0.462 e. The summed E-state index contributed by atoms with van der Waals surface area (Å²) in [6.45, 7) is 7.91. The van der Waals surface area contributed by atoms with Crippen LogP contribution in [0.4, 0.5) is 0 Å². The summed E-state index contributed by atoms with van der Waals surface area (Å²) in [7, 11) is 0. The van der Waals surface area contributed by atoms with Crippen molar-refractivity contribution in [2.75, 3.05) is 13.2 Å². The molecular weight excluding hydrogens is 264 g/mol. The Labute approximate surface area is 129 Å². The first-order valence-corrected chi connectivity index (χ1v) is 8.72. The maximum Gasteiger partial charge on any atom is 0.312 e. The van der Waals surface area contributed by atoms with E-state index in [4.69, 9.17) is 4.74 Å². The monoisotopic (exact) mass is 296 g/mol. The van der Waals surface area contributed by atoms with E-state index in [0.717, 1.165) is 19.6 Å². The van der Waals surface area contributed by atoms with Crippen molar-refractivity contribution < 1.29 is 9.53 Å². The van der Waals surface area contributed by atoms with Gasteiger partial charge in [-0.25, -0.2) is 0 Å². The van der Waals surface area contributed by atoms with E-state index in [1.165, 1.54) is 32.1 Å². The van der Waals surface area contributed by atoms with Crippen LogP contribution in [0.25, 0.3) is 0 Å². The summed E-state index contributed by atoms with van der Waals surface area (Å²) < 4.78 is 5.70. The van der Waals surface area contributed by atoms with E-state index in [0.29, 0.717) is 17.9 Å². The molecule has 0 amide bonds. The summed E-state index contributed by atoms with van der Waals surface area (Å²) in [4.78, 5) is 12.5. The van der Waals surface area contributed by atoms with Crippen LogP contribution >= 0.6 is 0 Å². The van der Waals surface area contributed by atoms with E-state index in [9.17, 15) is 4.79 Å². The molecule has 1 aliphatic heterocycles. The number of ether oxygens (including phenoxy) is 1. The van der Waals surface area contributed by atoms with Gasteiger partial charge in [0, 0.05) is 19.3 Å². The lowest BCUT2D eigenvalue weighted by Gasteiger charge is -2.39. The number of rotatable bonds is 5. The standard InChI is InChI=1S/C17H32N2O2/c1-12(2)9-13(3)21-17(20)15-10-18-11-19-16(15)14-7-5-4-6-8-14/h12-16,18-19H,4-11H2,1-3H3. The highest BCUT2D eigenvalue weighted by Gasteiger charge is 2.37. The summed E-state index contributed by atoms with van der Waals surface area (Å²) in [6.07, 6.45) is 7.43. The van der Waals surface area contributed by atoms with Crippen molar-refractivity contribution in [2.24, 2.45) is 17.8 Å². The largest absolute Gasteiger partial charge is 0.462 e. The first kappa shape index (κ1) is 16.8. The van der Waals surface area contributed by atoms with Crippen LogP contribution in [0, 0.1) is 17.8 Å². The van der Waals surface area contributed by atoms with Gasteiger partial charge in [0.2, 0.25) is 0 Å². The minimum atomic E-state index is -0.0311. The van der Waals surface area contributed by atoms with Crippen LogP contribution in [-0.4, -0.2) is 31.3 Å². The van der Waals surface area contributed by atoms with Crippen molar-refractivity contribution in [2.45, 2.75) is 71.4 Å². The molecule has 2 rings (SSSR count). The molecule has 2 fully saturated rings. The van der Waals surface area contributed by atoms with Gasteiger partial charge >= 0.3 is 5.97 Å². The third-order valence-corrected chi connectivity index (χ3v) is 4.84. The van der Waals surface area contributed by atoms with Crippen LogP contribution in [-0.2, 0) is 9.53 Å². The Morgan fingerprint density at radius 2 is 1.90 bits per heavy atom. The fourth-order valence-corrected chi connectivity index (χ4v) is 3.90. The number of hydrogen-bond donors (Lipinski definition) is 2. The Bertz CT molecular complexity index is 327. The highest BCUT2D eigenvalue weighted by molar-refractivity contribution is 5.74. The molecule has 4 nitrogen and oxygen atoms in total. The molecule has 1 saturated carbocycles. The van der Waals surface area contributed by atoms with Crippen molar-refractivity contribution in [3.8, 4) is 0 Å². The molecule has 4 heteroatoms. The smallest absolute Gasteiger partial charge is 0.312 e. The van der Waals surface area contributed by atoms with Gasteiger partial charge in [0.25, 0.3) is 0 Å². The summed E-state index contributed by atoms with van der Waals surface area (Å²) in [5.74, 6) is 1.15. The van der Waals surface area contributed by atoms with Gasteiger partial charge in [-0.3, -0.25) is 4.79 Å². The van der Waals surface area contributed by atoms with E-state index >= 15 is 0 Å². The summed E-state index contributed by atoms with van der Waals surface area (Å²) in [5.41, 5.74) is 0. The fourth-order valence-electron chi connectivity index (χ4n) is 3.90. The molecule has 3 atom stereocenters. The highest BCUT2D eigenvalue weighted by atomic mass is 16.5. The van der Waals surface area contributed by atoms with Crippen molar-refractivity contribution in [3.63, 3.8) is 0 Å². The van der Waals surface area contributed by atoms with Gasteiger partial charge in [-0.15, -0.1) is 0 Å². The average Bonchev–Trinajstić information content (AvgIpc) is 2.47. The van der Waals surface area contributed by atoms with Crippen LogP contribution in [0.15, 0.2) is 0 Å². The van der Waals surface area contributed by atoms with E-state index in [-0.39, 0.29) is 18.0 Å². The van der Waals surface area contributed by atoms with Crippen molar-refractivity contribution in [3.05, 3.63) is 0 Å². The Morgan fingerprint density at radius 1 is 1.19 bits per heavy atom. The molecule has 1 aliphatic carbocycles. The van der Waals surface area contributed by atoms with Gasteiger partial charge < -0.3 is 15.4 Å². The molecule has 0 radical (unpaired) electrons. The van der Waals surface area contributed by atoms with Gasteiger partial charge in [0.15, 0.2) is 0 Å². The summed E-state index contributed by atoms with van der Waals surface area (Å²) in [5, 5.41) is 6.81. The SMILES string of the molecule is CC(C)CC(C)OC(=O)C1CNCNC1C1CCCCC1. The number of hydrogen-bond acceptors (Lipinski definition) is 4. The van der Waals surface area contributed by atoms with Crippen LogP contribution < -0.4 is 10.6 Å². The Kier molecular flexibility index (Phi) is 6.49. The van der Waals surface area contributed by atoms with Gasteiger partial charge in [-0.2, -0.15) is 0 Å². The van der Waals surface area contributed by atoms with Crippen LogP contribution in [0.1, 0.15) is 59.3 Å². The predicted octanol–water partition coefficient (Wildman–Crippen LogP) is 2.68. The molecule has 2 aliphatic rings. The molecule has 122 valence electrons. The zero-order valence-electron chi connectivity index (χ0n) is 13.9. The van der Waals surface area contributed by atoms with Crippen molar-refractivity contribution >= 4 is 5.97 Å². The third-order valence-electron chi connectivity index (χ3n) is 4.84. The Morgan fingerprint density at radius 3 is 2.57 bits per heavy atom. The fraction of sp³-hybridized carbons (Fsp3) is 0.941. The number of carbonyl (C=O) groups is 1. The number of nitrogens with one attached hydrogen (secondary N) is 2. The van der Waals surface area contributed by atoms with Crippen LogP contribution in [0.5, 0.6) is 0 Å². The predicted molar refractivity (Wildman–Crippen MR) is 84.9 cm³/mol. The minimum absolute atomic E-state index is 0.0153. The van der Waals surface area contributed by atoms with E-state index < -0.39 is 0 Å². The zero-order chi connectivity index (χ0) is 15.2. The molecule has 0 bridgehead atoms. The average molecular weight is 296 g/mol. The second-order valence-electron chi connectivity index (χ2n) is 7.24. The summed E-state index contributed by atoms with van der Waals surface area (Å²) >= 11 is 0. The molecule has 3 unspecified atom stereocenters. The first-order chi connectivity index (χ1) is 10.1. The maximum atomic E-state index is 12.5. The van der Waals surface area contributed by atoms with Crippen molar-refractivity contribution in [1.82, 2.24) is 10.6 Å². The molecule has 0 spiro atoms. The maximum absolute atomic E-state index is 12.5. The second-order valence-corrected chi connectivity index (χ2v) is 7.24. The highest BCUT2D eigenvalue weighted by Crippen LogP contribution is 2.31. The normalized spacial score (nSPS) is 29.3. The van der Waals surface area contributed by atoms with Gasteiger partial charge in [-0.1, -0.05) is 33.1 Å².